The Morgan fingerprint density at radius 3 is 2.76 bits per heavy atom. The third-order valence-corrected chi connectivity index (χ3v) is 4.73. The first-order valence-electron chi connectivity index (χ1n) is 7.26. The van der Waals surface area contributed by atoms with E-state index >= 15 is 0 Å². The number of rotatable bonds is 7. The van der Waals surface area contributed by atoms with E-state index < -0.39 is 5.97 Å². The summed E-state index contributed by atoms with van der Waals surface area (Å²) in [7, 11) is 0. The molecule has 0 spiro atoms. The van der Waals surface area contributed by atoms with Crippen molar-refractivity contribution in [2.75, 3.05) is 18.8 Å². The Morgan fingerprint density at radius 2 is 2.05 bits per heavy atom. The molecule has 0 aliphatic carbocycles. The van der Waals surface area contributed by atoms with Crippen molar-refractivity contribution < 1.29 is 14.7 Å². The molecule has 1 aromatic rings. The van der Waals surface area contributed by atoms with Crippen LogP contribution in [0.3, 0.4) is 0 Å². The van der Waals surface area contributed by atoms with Crippen molar-refractivity contribution in [3.05, 3.63) is 35.9 Å². The molecule has 0 bridgehead atoms. The molecule has 0 aromatic heterocycles. The van der Waals surface area contributed by atoms with Crippen LogP contribution in [0.1, 0.15) is 24.8 Å². The maximum absolute atomic E-state index is 12.1. The van der Waals surface area contributed by atoms with Gasteiger partial charge in [0, 0.05) is 25.3 Å². The van der Waals surface area contributed by atoms with Gasteiger partial charge < -0.3 is 10.0 Å². The summed E-state index contributed by atoms with van der Waals surface area (Å²) in [6.07, 6.45) is 1.81. The second-order valence-electron chi connectivity index (χ2n) is 5.41. The van der Waals surface area contributed by atoms with Crippen LogP contribution in [0.25, 0.3) is 0 Å². The van der Waals surface area contributed by atoms with Crippen LogP contribution >= 0.6 is 11.8 Å². The van der Waals surface area contributed by atoms with E-state index in [1.54, 1.807) is 11.8 Å². The zero-order valence-corrected chi connectivity index (χ0v) is 12.8. The second-order valence-corrected chi connectivity index (χ2v) is 6.39. The number of nitrogens with zero attached hydrogens (tertiary/aromatic N) is 1. The lowest BCUT2D eigenvalue weighted by atomic mass is 10.0. The topological polar surface area (TPSA) is 57.6 Å². The fraction of sp³-hybridized carbons (Fsp3) is 0.500. The number of benzene rings is 1. The second kappa shape index (κ2) is 8.08. The number of carbonyl (C=O) groups excluding carboxylic acids is 1. The van der Waals surface area contributed by atoms with Gasteiger partial charge in [-0.15, -0.1) is 11.8 Å². The van der Waals surface area contributed by atoms with E-state index in [0.29, 0.717) is 18.1 Å². The smallest absolute Gasteiger partial charge is 0.303 e. The van der Waals surface area contributed by atoms with Gasteiger partial charge in [-0.2, -0.15) is 0 Å². The zero-order chi connectivity index (χ0) is 15.1. The third kappa shape index (κ3) is 5.42. The van der Waals surface area contributed by atoms with Gasteiger partial charge in [0.25, 0.3) is 0 Å². The summed E-state index contributed by atoms with van der Waals surface area (Å²) in [5, 5.41) is 8.69. The van der Waals surface area contributed by atoms with Gasteiger partial charge in [0.15, 0.2) is 0 Å². The SMILES string of the molecule is O=C(O)CCC1CCN(C(=O)CSCc2ccccc2)C1. The first kappa shape index (κ1) is 15.9. The van der Waals surface area contributed by atoms with E-state index in [0.717, 1.165) is 25.3 Å². The third-order valence-electron chi connectivity index (χ3n) is 3.74. The normalized spacial score (nSPS) is 17.9. The largest absolute Gasteiger partial charge is 0.481 e. The number of hydrogen-bond acceptors (Lipinski definition) is 3. The molecule has 5 heteroatoms. The van der Waals surface area contributed by atoms with E-state index in [1.165, 1.54) is 5.56 Å². The maximum Gasteiger partial charge on any atom is 0.303 e. The number of aliphatic carboxylic acids is 1. The minimum atomic E-state index is -0.752. The lowest BCUT2D eigenvalue weighted by Gasteiger charge is -2.16. The van der Waals surface area contributed by atoms with Gasteiger partial charge in [0.1, 0.15) is 0 Å². The summed E-state index contributed by atoms with van der Waals surface area (Å²) in [5.74, 6) is 1.12. The predicted octanol–water partition coefficient (Wildman–Crippen LogP) is 2.63. The van der Waals surface area contributed by atoms with Crippen molar-refractivity contribution in [1.82, 2.24) is 4.90 Å². The summed E-state index contributed by atoms with van der Waals surface area (Å²) >= 11 is 1.64. The Bertz CT molecular complexity index is 478. The van der Waals surface area contributed by atoms with Crippen LogP contribution in [0.15, 0.2) is 30.3 Å². The van der Waals surface area contributed by atoms with Crippen molar-refractivity contribution in [2.24, 2.45) is 5.92 Å². The molecule has 1 N–H and O–H groups in total. The molecule has 114 valence electrons. The van der Waals surface area contributed by atoms with Crippen molar-refractivity contribution >= 4 is 23.6 Å². The van der Waals surface area contributed by atoms with Gasteiger partial charge in [-0.3, -0.25) is 9.59 Å². The standard InChI is InChI=1S/C16H21NO3S/c18-15(12-21-11-14-4-2-1-3-5-14)17-9-8-13(10-17)6-7-16(19)20/h1-5,13H,6-12H2,(H,19,20). The average Bonchev–Trinajstić information content (AvgIpc) is 2.95. The molecule has 1 heterocycles. The zero-order valence-electron chi connectivity index (χ0n) is 12.0. The van der Waals surface area contributed by atoms with E-state index in [-0.39, 0.29) is 12.3 Å². The number of thioether (sulfide) groups is 1. The number of carboxylic acids is 1. The molecule has 1 aliphatic rings. The highest BCUT2D eigenvalue weighted by molar-refractivity contribution is 7.99. The van der Waals surface area contributed by atoms with Crippen molar-refractivity contribution in [2.45, 2.75) is 25.0 Å². The van der Waals surface area contributed by atoms with Crippen LogP contribution in [0.4, 0.5) is 0 Å². The fourth-order valence-electron chi connectivity index (χ4n) is 2.54. The number of hydrogen-bond donors (Lipinski definition) is 1. The lowest BCUT2D eigenvalue weighted by Crippen LogP contribution is -2.30. The molecule has 1 fully saturated rings. The Hall–Kier alpha value is -1.49. The molecule has 0 saturated carbocycles. The van der Waals surface area contributed by atoms with Gasteiger partial charge in [-0.25, -0.2) is 0 Å². The summed E-state index contributed by atoms with van der Waals surface area (Å²) in [4.78, 5) is 24.6. The Labute approximate surface area is 129 Å². The van der Waals surface area contributed by atoms with Crippen LogP contribution in [-0.4, -0.2) is 40.7 Å². The minimum absolute atomic E-state index is 0.175. The molecule has 1 aliphatic heterocycles. The number of carbonyl (C=O) groups is 2. The highest BCUT2D eigenvalue weighted by atomic mass is 32.2. The van der Waals surface area contributed by atoms with Gasteiger partial charge in [-0.1, -0.05) is 30.3 Å². The van der Waals surface area contributed by atoms with Gasteiger partial charge >= 0.3 is 5.97 Å². The molecule has 4 nitrogen and oxygen atoms in total. The minimum Gasteiger partial charge on any atom is -0.481 e. The predicted molar refractivity (Wildman–Crippen MR) is 84.2 cm³/mol. The molecular weight excluding hydrogens is 286 g/mol. The highest BCUT2D eigenvalue weighted by Gasteiger charge is 2.26. The van der Waals surface area contributed by atoms with Crippen LogP contribution < -0.4 is 0 Å². The van der Waals surface area contributed by atoms with Crippen molar-refractivity contribution in [3.63, 3.8) is 0 Å². The number of amides is 1. The fourth-order valence-corrected chi connectivity index (χ4v) is 3.43. The molecule has 1 amide bonds. The van der Waals surface area contributed by atoms with Crippen LogP contribution in [0.2, 0.25) is 0 Å². The first-order chi connectivity index (χ1) is 10.1. The van der Waals surface area contributed by atoms with E-state index in [1.807, 2.05) is 23.1 Å². The lowest BCUT2D eigenvalue weighted by molar-refractivity contribution is -0.137. The molecule has 1 saturated heterocycles. The van der Waals surface area contributed by atoms with Gasteiger partial charge in [-0.05, 0) is 24.3 Å². The Kier molecular flexibility index (Phi) is 6.11. The van der Waals surface area contributed by atoms with Gasteiger partial charge in [0.05, 0.1) is 5.75 Å². The maximum atomic E-state index is 12.1. The molecule has 1 aromatic carbocycles. The molecule has 0 radical (unpaired) electrons. The average molecular weight is 307 g/mol. The van der Waals surface area contributed by atoms with E-state index in [9.17, 15) is 9.59 Å². The molecule has 1 unspecified atom stereocenters. The highest BCUT2D eigenvalue weighted by Crippen LogP contribution is 2.22. The molecule has 2 rings (SSSR count). The van der Waals surface area contributed by atoms with E-state index in [4.69, 9.17) is 5.11 Å². The Morgan fingerprint density at radius 1 is 1.29 bits per heavy atom. The number of likely N-dealkylation sites (tertiary alicyclic amines) is 1. The van der Waals surface area contributed by atoms with Crippen molar-refractivity contribution in [1.29, 1.82) is 0 Å². The summed E-state index contributed by atoms with van der Waals surface area (Å²) in [6, 6.07) is 10.1. The summed E-state index contributed by atoms with van der Waals surface area (Å²) in [5.41, 5.74) is 1.23. The summed E-state index contributed by atoms with van der Waals surface area (Å²) in [6.45, 7) is 1.49. The Balaban J connectivity index is 1.66. The first-order valence-corrected chi connectivity index (χ1v) is 8.42. The van der Waals surface area contributed by atoms with E-state index in [2.05, 4.69) is 12.1 Å². The molecular formula is C16H21NO3S. The van der Waals surface area contributed by atoms with Crippen molar-refractivity contribution in [3.8, 4) is 0 Å². The molecule has 21 heavy (non-hydrogen) atoms. The van der Waals surface area contributed by atoms with Crippen LogP contribution in [0.5, 0.6) is 0 Å². The number of carboxylic acid groups (broad SMARTS) is 1. The monoisotopic (exact) mass is 307 g/mol. The van der Waals surface area contributed by atoms with Crippen LogP contribution in [0, 0.1) is 5.92 Å². The molecule has 1 atom stereocenters. The summed E-state index contributed by atoms with van der Waals surface area (Å²) < 4.78 is 0. The van der Waals surface area contributed by atoms with Gasteiger partial charge in [0.2, 0.25) is 5.91 Å². The van der Waals surface area contributed by atoms with Crippen LogP contribution in [-0.2, 0) is 15.3 Å². The quantitative estimate of drug-likeness (QED) is 0.841.